The Bertz CT molecular complexity index is 1230. The van der Waals surface area contributed by atoms with Crippen LogP contribution in [-0.2, 0) is 6.54 Å². The average Bonchev–Trinajstić information content (AvgIpc) is 2.72. The summed E-state index contributed by atoms with van der Waals surface area (Å²) in [5.41, 5.74) is 2.51. The molecule has 29 heavy (non-hydrogen) atoms. The van der Waals surface area contributed by atoms with Crippen molar-refractivity contribution in [3.8, 4) is 17.6 Å². The fourth-order valence-corrected chi connectivity index (χ4v) is 3.37. The van der Waals surface area contributed by atoms with Crippen molar-refractivity contribution in [3.63, 3.8) is 0 Å². The molecule has 0 aliphatic carbocycles. The van der Waals surface area contributed by atoms with E-state index in [0.717, 1.165) is 32.8 Å². The van der Waals surface area contributed by atoms with Crippen molar-refractivity contribution < 1.29 is 35.8 Å². The third-order valence-corrected chi connectivity index (χ3v) is 4.68. The average molecular weight is 452 g/mol. The molecule has 146 valence electrons. The minimum atomic E-state index is -0.303. The van der Waals surface area contributed by atoms with Gasteiger partial charge in [-0.2, -0.15) is 4.57 Å². The molecule has 5 heteroatoms. The Morgan fingerprint density at radius 3 is 2.52 bits per heavy atom. The zero-order chi connectivity index (χ0) is 19.5. The first-order valence-electron chi connectivity index (χ1n) is 9.01. The lowest BCUT2D eigenvalue weighted by Gasteiger charge is -2.09. The number of ether oxygens (including phenoxy) is 1. The molecule has 0 atom stereocenters. The monoisotopic (exact) mass is 451 g/mol. The predicted octanol–water partition coefficient (Wildman–Crippen LogP) is 0.824. The first-order chi connectivity index (χ1) is 13.7. The van der Waals surface area contributed by atoms with E-state index in [1.165, 1.54) is 12.1 Å². The summed E-state index contributed by atoms with van der Waals surface area (Å²) in [7, 11) is 1.61. The molecule has 0 aliphatic heterocycles. The summed E-state index contributed by atoms with van der Waals surface area (Å²) in [5, 5.41) is 12.0. The molecule has 0 fully saturated rings. The number of halogens is 2. The number of fused-ring (bicyclic) bond motifs is 3. The van der Waals surface area contributed by atoms with Gasteiger partial charge in [-0.3, -0.25) is 0 Å². The quantitative estimate of drug-likeness (QED) is 0.284. The molecule has 0 radical (unpaired) electrons. The van der Waals surface area contributed by atoms with Crippen LogP contribution in [0.25, 0.3) is 21.7 Å². The number of aliphatic hydroxyl groups excluding tert-OH is 1. The molecular formula is C24H19BrFNO2. The third kappa shape index (κ3) is 4.24. The standard InChI is InChI=1S/C24H19FNO2.BrH/c1-28-24-14-19-16-26(11-12-27)23-10-9-20(25)15-22(23)21(19)13-18(24)8-7-17-5-3-2-4-6-17;/h2-6,9-10,13-16,27H,11-12H2,1H3;1H/q+1;/p-1. The highest BCUT2D eigenvalue weighted by Gasteiger charge is 2.16. The molecule has 3 nitrogen and oxygen atoms in total. The highest BCUT2D eigenvalue weighted by molar-refractivity contribution is 6.05. The first kappa shape index (κ1) is 20.8. The van der Waals surface area contributed by atoms with E-state index in [1.807, 2.05) is 53.2 Å². The summed E-state index contributed by atoms with van der Waals surface area (Å²) in [5.74, 6) is 6.68. The number of nitrogens with zero attached hydrogens (tertiary/aromatic N) is 1. The molecule has 1 aromatic heterocycles. The molecular weight excluding hydrogens is 433 g/mol. The zero-order valence-corrected chi connectivity index (χ0v) is 17.4. The van der Waals surface area contributed by atoms with Crippen molar-refractivity contribution in [2.75, 3.05) is 13.7 Å². The first-order valence-corrected chi connectivity index (χ1v) is 9.01. The number of benzene rings is 3. The van der Waals surface area contributed by atoms with Gasteiger partial charge in [0.2, 0.25) is 5.52 Å². The van der Waals surface area contributed by atoms with Crippen LogP contribution in [0.5, 0.6) is 5.75 Å². The van der Waals surface area contributed by atoms with Crippen LogP contribution in [0.2, 0.25) is 0 Å². The number of rotatable bonds is 3. The van der Waals surface area contributed by atoms with E-state index in [1.54, 1.807) is 13.2 Å². The minimum Gasteiger partial charge on any atom is -1.00 e. The molecule has 3 aromatic carbocycles. The molecule has 0 bridgehead atoms. The van der Waals surface area contributed by atoms with Crippen LogP contribution in [0, 0.1) is 17.7 Å². The fraction of sp³-hybridized carbons (Fsp3) is 0.125. The van der Waals surface area contributed by atoms with Gasteiger partial charge >= 0.3 is 0 Å². The lowest BCUT2D eigenvalue weighted by atomic mass is 10.0. The highest BCUT2D eigenvalue weighted by Crippen LogP contribution is 2.30. The summed E-state index contributed by atoms with van der Waals surface area (Å²) in [6, 6.07) is 18.3. The van der Waals surface area contributed by atoms with E-state index in [4.69, 9.17) is 4.74 Å². The Hall–Kier alpha value is -2.94. The van der Waals surface area contributed by atoms with E-state index in [2.05, 4.69) is 11.8 Å². The maximum absolute atomic E-state index is 14.0. The van der Waals surface area contributed by atoms with E-state index in [-0.39, 0.29) is 29.4 Å². The summed E-state index contributed by atoms with van der Waals surface area (Å²) in [4.78, 5) is 0. The smallest absolute Gasteiger partial charge is 0.213 e. The van der Waals surface area contributed by atoms with Crippen molar-refractivity contribution in [1.82, 2.24) is 0 Å². The van der Waals surface area contributed by atoms with Crippen LogP contribution in [0.15, 0.2) is 66.9 Å². The van der Waals surface area contributed by atoms with Gasteiger partial charge in [-0.1, -0.05) is 30.0 Å². The van der Waals surface area contributed by atoms with Crippen molar-refractivity contribution in [3.05, 3.63) is 83.8 Å². The van der Waals surface area contributed by atoms with Crippen LogP contribution in [0.1, 0.15) is 11.1 Å². The molecule has 0 spiro atoms. The van der Waals surface area contributed by atoms with E-state index >= 15 is 0 Å². The van der Waals surface area contributed by atoms with Crippen LogP contribution in [-0.4, -0.2) is 18.8 Å². The summed E-state index contributed by atoms with van der Waals surface area (Å²) < 4.78 is 21.5. The van der Waals surface area contributed by atoms with Crippen LogP contribution >= 0.6 is 0 Å². The number of hydrogen-bond donors (Lipinski definition) is 1. The van der Waals surface area contributed by atoms with Crippen molar-refractivity contribution in [2.24, 2.45) is 0 Å². The maximum atomic E-state index is 14.0. The molecule has 0 unspecified atom stereocenters. The number of aromatic nitrogens is 1. The Kier molecular flexibility index (Phi) is 6.48. The van der Waals surface area contributed by atoms with Crippen LogP contribution in [0.4, 0.5) is 4.39 Å². The minimum absolute atomic E-state index is 0. The fourth-order valence-electron chi connectivity index (χ4n) is 3.37. The zero-order valence-electron chi connectivity index (χ0n) is 15.8. The third-order valence-electron chi connectivity index (χ3n) is 4.68. The van der Waals surface area contributed by atoms with E-state index < -0.39 is 0 Å². The van der Waals surface area contributed by atoms with Crippen LogP contribution in [0.3, 0.4) is 0 Å². The molecule has 0 saturated heterocycles. The van der Waals surface area contributed by atoms with E-state index in [0.29, 0.717) is 12.3 Å². The van der Waals surface area contributed by atoms with Gasteiger partial charge in [-0.25, -0.2) is 4.39 Å². The van der Waals surface area contributed by atoms with Crippen molar-refractivity contribution >= 4 is 21.7 Å². The second-order valence-electron chi connectivity index (χ2n) is 6.46. The largest absolute Gasteiger partial charge is 1.00 e. The molecule has 0 amide bonds. The molecule has 1 heterocycles. The Balaban J connectivity index is 0.00000240. The van der Waals surface area contributed by atoms with Gasteiger partial charge in [-0.15, -0.1) is 0 Å². The topological polar surface area (TPSA) is 33.3 Å². The lowest BCUT2D eigenvalue weighted by molar-refractivity contribution is -0.671. The van der Waals surface area contributed by atoms with Gasteiger partial charge in [0.25, 0.3) is 0 Å². The summed E-state index contributed by atoms with van der Waals surface area (Å²) in [6.45, 7) is 0.427. The number of methoxy groups -OCH3 is 1. The van der Waals surface area contributed by atoms with Gasteiger partial charge in [0, 0.05) is 17.0 Å². The highest BCUT2D eigenvalue weighted by atomic mass is 79.9. The Morgan fingerprint density at radius 2 is 1.79 bits per heavy atom. The predicted molar refractivity (Wildman–Crippen MR) is 108 cm³/mol. The molecule has 0 aliphatic rings. The second kappa shape index (κ2) is 9.04. The van der Waals surface area contributed by atoms with Crippen molar-refractivity contribution in [2.45, 2.75) is 6.54 Å². The SMILES string of the molecule is COc1cc2c[n+](CCO)c3ccc(F)cc3c2cc1C#Cc1ccccc1.[Br-]. The lowest BCUT2D eigenvalue weighted by Crippen LogP contribution is -3.00. The molecule has 0 saturated carbocycles. The molecule has 4 rings (SSSR count). The summed E-state index contributed by atoms with van der Waals surface area (Å²) in [6.07, 6.45) is 1.95. The summed E-state index contributed by atoms with van der Waals surface area (Å²) >= 11 is 0. The van der Waals surface area contributed by atoms with Gasteiger partial charge in [0.1, 0.15) is 18.2 Å². The van der Waals surface area contributed by atoms with Gasteiger partial charge in [-0.05, 0) is 36.4 Å². The van der Waals surface area contributed by atoms with Gasteiger partial charge in [0.05, 0.1) is 23.4 Å². The number of aliphatic hydroxyl groups is 1. The normalized spacial score (nSPS) is 10.3. The Labute approximate surface area is 179 Å². The second-order valence-corrected chi connectivity index (χ2v) is 6.46. The molecule has 4 aromatic rings. The number of hydrogen-bond acceptors (Lipinski definition) is 2. The van der Waals surface area contributed by atoms with E-state index in [9.17, 15) is 9.50 Å². The van der Waals surface area contributed by atoms with Crippen LogP contribution < -0.4 is 26.3 Å². The van der Waals surface area contributed by atoms with Gasteiger partial charge in [0.15, 0.2) is 12.7 Å². The number of pyridine rings is 1. The van der Waals surface area contributed by atoms with Crippen molar-refractivity contribution in [1.29, 1.82) is 0 Å². The Morgan fingerprint density at radius 1 is 1.00 bits per heavy atom. The molecule has 1 N–H and O–H groups in total. The maximum Gasteiger partial charge on any atom is 0.213 e. The van der Waals surface area contributed by atoms with Gasteiger partial charge < -0.3 is 26.8 Å².